The van der Waals surface area contributed by atoms with E-state index in [2.05, 4.69) is 11.8 Å². The summed E-state index contributed by atoms with van der Waals surface area (Å²) in [5.41, 5.74) is 4.04. The first-order valence-corrected chi connectivity index (χ1v) is 10.6. The van der Waals surface area contributed by atoms with Gasteiger partial charge in [-0.15, -0.1) is 0 Å². The van der Waals surface area contributed by atoms with Crippen LogP contribution in [0.3, 0.4) is 0 Å². The number of rotatable bonds is 5. The van der Waals surface area contributed by atoms with Gasteiger partial charge in [-0.1, -0.05) is 25.1 Å². The number of ether oxygens (including phenoxy) is 1. The molecule has 0 atom stereocenters. The van der Waals surface area contributed by atoms with Crippen molar-refractivity contribution in [3.63, 3.8) is 0 Å². The second-order valence-corrected chi connectivity index (χ2v) is 8.12. The van der Waals surface area contributed by atoms with Gasteiger partial charge in [-0.3, -0.25) is 14.7 Å². The normalized spacial score (nSPS) is 18.2. The minimum Gasteiger partial charge on any atom is -0.381 e. The first kappa shape index (κ1) is 19.3. The lowest BCUT2D eigenvalue weighted by molar-refractivity contribution is 0.0583. The lowest BCUT2D eigenvalue weighted by atomic mass is 9.94. The second-order valence-electron chi connectivity index (χ2n) is 8.12. The van der Waals surface area contributed by atoms with Gasteiger partial charge in [0.2, 0.25) is 0 Å². The smallest absolute Gasteiger partial charge is 0.254 e. The van der Waals surface area contributed by atoms with Crippen LogP contribution in [0.4, 0.5) is 0 Å². The molecule has 0 saturated carbocycles. The second kappa shape index (κ2) is 8.58. The molecule has 0 unspecified atom stereocenters. The van der Waals surface area contributed by atoms with Crippen LogP contribution in [0.5, 0.6) is 0 Å². The molecule has 3 heterocycles. The third kappa shape index (κ3) is 3.91. The van der Waals surface area contributed by atoms with Crippen molar-refractivity contribution in [1.82, 2.24) is 14.8 Å². The van der Waals surface area contributed by atoms with E-state index in [4.69, 9.17) is 9.72 Å². The van der Waals surface area contributed by atoms with Crippen molar-refractivity contribution in [1.29, 1.82) is 0 Å². The molecule has 0 spiro atoms. The molecule has 5 heteroatoms. The highest BCUT2D eigenvalue weighted by Gasteiger charge is 2.27. The van der Waals surface area contributed by atoms with Crippen molar-refractivity contribution in [2.75, 3.05) is 39.9 Å². The number of amides is 1. The molecule has 1 aromatic carbocycles. The van der Waals surface area contributed by atoms with Crippen molar-refractivity contribution < 1.29 is 9.53 Å². The largest absolute Gasteiger partial charge is 0.381 e. The molecule has 28 heavy (non-hydrogen) atoms. The molecule has 2 aliphatic rings. The number of nitrogens with zero attached hydrogens (tertiary/aromatic N) is 3. The lowest BCUT2D eigenvalue weighted by Crippen LogP contribution is -2.35. The zero-order chi connectivity index (χ0) is 19.5. The molecular formula is C23H31N3O2. The molecule has 150 valence electrons. The fourth-order valence-corrected chi connectivity index (χ4v) is 4.46. The van der Waals surface area contributed by atoms with Crippen molar-refractivity contribution in [3.05, 3.63) is 41.1 Å². The zero-order valence-electron chi connectivity index (χ0n) is 17.1. The molecule has 5 nitrogen and oxygen atoms in total. The van der Waals surface area contributed by atoms with Gasteiger partial charge in [-0.25, -0.2) is 0 Å². The zero-order valence-corrected chi connectivity index (χ0v) is 17.1. The highest BCUT2D eigenvalue weighted by atomic mass is 16.5. The van der Waals surface area contributed by atoms with Crippen LogP contribution in [0, 0.1) is 5.92 Å². The summed E-state index contributed by atoms with van der Waals surface area (Å²) in [6, 6.07) is 8.09. The van der Waals surface area contributed by atoms with E-state index in [1.165, 1.54) is 0 Å². The Hall–Kier alpha value is -1.98. The number of likely N-dealkylation sites (N-methyl/N-ethyl adjacent to an activating group) is 1. The van der Waals surface area contributed by atoms with Crippen molar-refractivity contribution in [3.8, 4) is 0 Å². The number of pyridine rings is 1. The fraction of sp³-hybridized carbons (Fsp3) is 0.565. The van der Waals surface area contributed by atoms with E-state index in [-0.39, 0.29) is 5.91 Å². The summed E-state index contributed by atoms with van der Waals surface area (Å²) in [7, 11) is 1.95. The lowest BCUT2D eigenvalue weighted by Gasteiger charge is -2.30. The van der Waals surface area contributed by atoms with Crippen LogP contribution in [0.25, 0.3) is 10.9 Å². The van der Waals surface area contributed by atoms with Crippen LogP contribution in [0.1, 0.15) is 47.8 Å². The van der Waals surface area contributed by atoms with Crippen molar-refractivity contribution in [2.45, 2.75) is 39.2 Å². The minimum absolute atomic E-state index is 0.139. The summed E-state index contributed by atoms with van der Waals surface area (Å²) in [5.74, 6) is 0.808. The Morgan fingerprint density at radius 2 is 2.07 bits per heavy atom. The van der Waals surface area contributed by atoms with E-state index in [0.29, 0.717) is 5.92 Å². The molecule has 4 rings (SSSR count). The fourth-order valence-electron chi connectivity index (χ4n) is 4.46. The maximum Gasteiger partial charge on any atom is 0.254 e. The van der Waals surface area contributed by atoms with Gasteiger partial charge >= 0.3 is 0 Å². The number of carbonyl (C=O) groups excluding carboxylic acids is 1. The van der Waals surface area contributed by atoms with Crippen molar-refractivity contribution >= 4 is 16.8 Å². The number of para-hydroxylation sites is 1. The van der Waals surface area contributed by atoms with Crippen LogP contribution < -0.4 is 0 Å². The summed E-state index contributed by atoms with van der Waals surface area (Å²) < 4.78 is 5.46. The number of benzene rings is 1. The molecule has 2 aromatic rings. The third-order valence-corrected chi connectivity index (χ3v) is 6.35. The predicted molar refractivity (Wildman–Crippen MR) is 112 cm³/mol. The first-order chi connectivity index (χ1) is 13.7. The Balaban J connectivity index is 1.63. The molecule has 2 aliphatic heterocycles. The van der Waals surface area contributed by atoms with E-state index in [1.54, 1.807) is 0 Å². The van der Waals surface area contributed by atoms with Crippen molar-refractivity contribution in [2.24, 2.45) is 5.92 Å². The predicted octanol–water partition coefficient (Wildman–Crippen LogP) is 3.50. The Morgan fingerprint density at radius 1 is 1.29 bits per heavy atom. The summed E-state index contributed by atoms with van der Waals surface area (Å²) in [4.78, 5) is 22.8. The average molecular weight is 382 g/mol. The number of hydrogen-bond acceptors (Lipinski definition) is 4. The number of aromatic nitrogens is 1. The molecule has 0 aliphatic carbocycles. The van der Waals surface area contributed by atoms with Gasteiger partial charge in [0, 0.05) is 63.0 Å². The van der Waals surface area contributed by atoms with Gasteiger partial charge in [0.15, 0.2) is 0 Å². The van der Waals surface area contributed by atoms with E-state index >= 15 is 0 Å². The minimum atomic E-state index is 0.139. The monoisotopic (exact) mass is 381 g/mol. The first-order valence-electron chi connectivity index (χ1n) is 10.6. The molecule has 1 aromatic heterocycles. The van der Waals surface area contributed by atoms with E-state index in [1.807, 2.05) is 36.2 Å². The molecule has 0 N–H and O–H groups in total. The quantitative estimate of drug-likeness (QED) is 0.795. The van der Waals surface area contributed by atoms with Crippen LogP contribution in [0.15, 0.2) is 24.3 Å². The standard InChI is InChI=1S/C23H31N3O2/c1-3-26-13-9-21-19(16-26)22(18-6-4-5-7-20(18)24-21)23(27)25(2)12-8-17-10-14-28-15-11-17/h4-7,17H,3,8-16H2,1-2H3. The van der Waals surface area contributed by atoms with Gasteiger partial charge in [-0.05, 0) is 37.8 Å². The molecular weight excluding hydrogens is 350 g/mol. The molecule has 1 saturated heterocycles. The summed E-state index contributed by atoms with van der Waals surface area (Å²) in [5, 5.41) is 0.988. The third-order valence-electron chi connectivity index (χ3n) is 6.35. The molecule has 0 bridgehead atoms. The van der Waals surface area contributed by atoms with Gasteiger partial charge in [0.25, 0.3) is 5.91 Å². The average Bonchev–Trinajstić information content (AvgIpc) is 2.75. The molecule has 1 amide bonds. The summed E-state index contributed by atoms with van der Waals surface area (Å²) >= 11 is 0. The molecule has 1 fully saturated rings. The Bertz CT molecular complexity index is 845. The van der Waals surface area contributed by atoms with E-state index in [0.717, 1.165) is 92.8 Å². The van der Waals surface area contributed by atoms with Crippen LogP contribution in [-0.4, -0.2) is 60.6 Å². The van der Waals surface area contributed by atoms with Crippen LogP contribution in [0.2, 0.25) is 0 Å². The topological polar surface area (TPSA) is 45.7 Å². The van der Waals surface area contributed by atoms with Gasteiger partial charge < -0.3 is 9.64 Å². The number of fused-ring (bicyclic) bond motifs is 2. The number of carbonyl (C=O) groups is 1. The molecule has 0 radical (unpaired) electrons. The van der Waals surface area contributed by atoms with Crippen LogP contribution >= 0.6 is 0 Å². The van der Waals surface area contributed by atoms with Gasteiger partial charge in [-0.2, -0.15) is 0 Å². The van der Waals surface area contributed by atoms with Gasteiger partial charge in [0.05, 0.1) is 11.1 Å². The summed E-state index contributed by atoms with van der Waals surface area (Å²) in [6.45, 7) is 7.53. The Kier molecular flexibility index (Phi) is 5.93. The highest BCUT2D eigenvalue weighted by molar-refractivity contribution is 6.07. The summed E-state index contributed by atoms with van der Waals surface area (Å²) in [6.07, 6.45) is 4.19. The van der Waals surface area contributed by atoms with E-state index < -0.39 is 0 Å². The number of hydrogen-bond donors (Lipinski definition) is 0. The SMILES string of the molecule is CCN1CCc2nc3ccccc3c(C(=O)N(C)CCC3CCOCC3)c2C1. The van der Waals surface area contributed by atoms with Gasteiger partial charge in [0.1, 0.15) is 0 Å². The maximum atomic E-state index is 13.6. The highest BCUT2D eigenvalue weighted by Crippen LogP contribution is 2.29. The Labute approximate surface area is 167 Å². The van der Waals surface area contributed by atoms with Crippen LogP contribution in [-0.2, 0) is 17.7 Å². The Morgan fingerprint density at radius 3 is 2.86 bits per heavy atom. The van der Waals surface area contributed by atoms with E-state index in [9.17, 15) is 4.79 Å². The maximum absolute atomic E-state index is 13.6.